The second kappa shape index (κ2) is 21.0. The van der Waals surface area contributed by atoms with E-state index in [9.17, 15) is 49.4 Å². The van der Waals surface area contributed by atoms with Crippen molar-refractivity contribution in [2.45, 2.75) is 98.2 Å². The monoisotopic (exact) mass is 1000 g/mol. The molecule has 6 heterocycles. The van der Waals surface area contributed by atoms with Crippen molar-refractivity contribution in [1.29, 1.82) is 0 Å². The van der Waals surface area contributed by atoms with Crippen LogP contribution in [0.25, 0.3) is 0 Å². The summed E-state index contributed by atoms with van der Waals surface area (Å²) in [7, 11) is 1.40. The van der Waals surface area contributed by atoms with Crippen molar-refractivity contribution in [3.8, 4) is 17.5 Å². The molecule has 5 bridgehead atoms. The number of amides is 2. The zero-order valence-corrected chi connectivity index (χ0v) is 41.4. The van der Waals surface area contributed by atoms with Gasteiger partial charge in [0.1, 0.15) is 54.5 Å². The van der Waals surface area contributed by atoms with Crippen LogP contribution in [0.1, 0.15) is 85.1 Å². The molecule has 8 rings (SSSR count). The summed E-state index contributed by atoms with van der Waals surface area (Å²) in [6.07, 6.45) is 3.60. The first-order valence-electron chi connectivity index (χ1n) is 23.5. The molecule has 2 aromatic rings. The van der Waals surface area contributed by atoms with Crippen LogP contribution in [0, 0.1) is 40.7 Å². The number of aromatic nitrogens is 2. The molecule has 0 radical (unpaired) electrons. The largest absolute Gasteiger partial charge is 0.507 e. The lowest BCUT2D eigenvalue weighted by molar-refractivity contribution is -0.389. The van der Waals surface area contributed by atoms with Crippen molar-refractivity contribution >= 4 is 41.0 Å². The molecule has 72 heavy (non-hydrogen) atoms. The van der Waals surface area contributed by atoms with Gasteiger partial charge in [0.05, 0.1) is 47.8 Å². The molecule has 1 aromatic carbocycles. The van der Waals surface area contributed by atoms with Crippen molar-refractivity contribution in [3.63, 3.8) is 0 Å². The minimum absolute atomic E-state index is 0.00632. The number of allylic oxidation sites excluding steroid dienone is 4. The molecule has 1 saturated heterocycles. The van der Waals surface area contributed by atoms with Crippen molar-refractivity contribution < 1.29 is 77.4 Å². The number of esters is 1. The molecular weight excluding hydrogens is 945 g/mol. The number of phenols is 1. The maximum Gasteiger partial charge on any atom is 0.414 e. The molecule has 0 spiro atoms. The Kier molecular flexibility index (Phi) is 15.4. The highest BCUT2D eigenvalue weighted by atomic mass is 16.7. The SMILES string of the molecule is CO[C@H]1/C=C/O[C@@]2(C)Oc3c(C)c(O)c4c(c3C2=O)C(=O)C(N2CCN(C(=O)COC3COc5nc([N+](=O)[O-])cn5C3)CC2)=C(NC(=O)/C(C)=C\C=C\[C@H](C)[C@H](O)[C@@H](C)[C@@H](O)[C@@H](C)[C@H](OC(C)=O)[C@@H]1C)C4=O. The second-order valence-electron chi connectivity index (χ2n) is 18.9. The Labute approximate surface area is 414 Å². The lowest BCUT2D eigenvalue weighted by Gasteiger charge is -2.39. The summed E-state index contributed by atoms with van der Waals surface area (Å²) in [5, 5.41) is 48.5. The summed E-state index contributed by atoms with van der Waals surface area (Å²) < 4.78 is 36.3. The van der Waals surface area contributed by atoms with Crippen LogP contribution in [0.5, 0.6) is 17.5 Å². The summed E-state index contributed by atoms with van der Waals surface area (Å²) in [6.45, 7) is 11.8. The number of rotatable bonds is 7. The molecule has 10 atom stereocenters. The van der Waals surface area contributed by atoms with Crippen LogP contribution >= 0.6 is 0 Å². The predicted molar refractivity (Wildman–Crippen MR) is 250 cm³/mol. The first-order chi connectivity index (χ1) is 34.0. The number of methoxy groups -OCH3 is 1. The number of nitrogens with one attached hydrogen (secondary N) is 1. The number of aliphatic hydroxyl groups excluding tert-OH is 2. The average molecular weight is 1010 g/mol. The van der Waals surface area contributed by atoms with Gasteiger partial charge in [-0.25, -0.2) is 0 Å². The van der Waals surface area contributed by atoms with Gasteiger partial charge in [-0.15, -0.1) is 0 Å². The van der Waals surface area contributed by atoms with Gasteiger partial charge < -0.3 is 69.0 Å². The fourth-order valence-electron chi connectivity index (χ4n) is 9.70. The van der Waals surface area contributed by atoms with Gasteiger partial charge >= 0.3 is 23.6 Å². The van der Waals surface area contributed by atoms with Crippen molar-refractivity contribution in [3.05, 3.63) is 86.1 Å². The molecule has 1 aliphatic carbocycles. The van der Waals surface area contributed by atoms with E-state index < -0.39 is 128 Å². The lowest BCUT2D eigenvalue weighted by atomic mass is 9.78. The van der Waals surface area contributed by atoms with Gasteiger partial charge in [-0.3, -0.25) is 33.3 Å². The molecule has 388 valence electrons. The Hall–Kier alpha value is -6.95. The highest BCUT2D eigenvalue weighted by Crippen LogP contribution is 2.49. The standard InChI is InChI=1S/C49H60N6O17/c1-23-11-10-12-24(2)47(64)51-37-38(53-16-14-52(15-17-53)33(57)22-68-30-19-54-20-32(55(65)66)50-48(54)69-21-30)43(62)34-35(42(37)61)41(60)28(6)45-36(34)46(63)49(8,72-45)70-18-13-31(67-9)25(3)44(71-29(7)56)27(5)40(59)26(4)39(23)58/h10-13,18,20,23,25-27,30-31,39-40,44,58-60H,14-17,19,21-22H2,1-9H3,(H,51,64)/b11-10+,18-13+,24-12-/t23-,25+,26+,27+,30?,31-,39-,40+,44+,49-/m0/s1. The van der Waals surface area contributed by atoms with Crippen LogP contribution in [-0.4, -0.2) is 158 Å². The number of nitrogens with zero attached hydrogens (tertiary/aromatic N) is 5. The molecule has 6 aliphatic rings. The van der Waals surface area contributed by atoms with Gasteiger partial charge in [0.2, 0.25) is 17.5 Å². The molecule has 23 nitrogen and oxygen atoms in total. The number of benzene rings is 1. The van der Waals surface area contributed by atoms with E-state index in [1.54, 1.807) is 33.8 Å². The Morgan fingerprint density at radius 2 is 1.67 bits per heavy atom. The highest BCUT2D eigenvalue weighted by Gasteiger charge is 2.53. The van der Waals surface area contributed by atoms with Crippen LogP contribution in [-0.2, 0) is 39.9 Å². The van der Waals surface area contributed by atoms with E-state index in [1.165, 1.54) is 73.6 Å². The predicted octanol–water partition coefficient (Wildman–Crippen LogP) is 2.68. The number of fused-ring (bicyclic) bond motifs is 15. The number of carbonyl (C=O) groups is 6. The summed E-state index contributed by atoms with van der Waals surface area (Å²) >= 11 is 0. The Morgan fingerprint density at radius 1 is 0.972 bits per heavy atom. The van der Waals surface area contributed by atoms with Gasteiger partial charge in [-0.05, 0) is 24.8 Å². The molecule has 23 heteroatoms. The van der Waals surface area contributed by atoms with Crippen LogP contribution < -0.4 is 14.8 Å². The number of hydrogen-bond acceptors (Lipinski definition) is 19. The molecule has 5 aliphatic heterocycles. The van der Waals surface area contributed by atoms with E-state index in [2.05, 4.69) is 10.3 Å². The number of ketones is 3. The fourth-order valence-corrected chi connectivity index (χ4v) is 9.70. The third kappa shape index (κ3) is 10.1. The quantitative estimate of drug-likeness (QED) is 0.176. The maximum absolute atomic E-state index is 15.1. The molecule has 4 N–H and O–H groups in total. The average Bonchev–Trinajstić information content (AvgIpc) is 3.90. The summed E-state index contributed by atoms with van der Waals surface area (Å²) in [6, 6.07) is 0.0549. The van der Waals surface area contributed by atoms with E-state index in [0.717, 1.165) is 6.26 Å². The third-order valence-electron chi connectivity index (χ3n) is 14.0. The Bertz CT molecular complexity index is 2680. The maximum atomic E-state index is 15.1. The van der Waals surface area contributed by atoms with Crippen LogP contribution in [0.2, 0.25) is 0 Å². The number of imidazole rings is 1. The lowest BCUT2D eigenvalue weighted by Crippen LogP contribution is -2.52. The Balaban J connectivity index is 1.22. The van der Waals surface area contributed by atoms with Crippen LogP contribution in [0.4, 0.5) is 5.82 Å². The number of aromatic hydroxyl groups is 1. The minimum Gasteiger partial charge on any atom is -0.507 e. The number of aliphatic hydroxyl groups is 2. The van der Waals surface area contributed by atoms with Crippen LogP contribution in [0.15, 0.2) is 53.7 Å². The van der Waals surface area contributed by atoms with E-state index in [0.29, 0.717) is 0 Å². The number of piperazine rings is 1. The molecule has 2 amide bonds. The van der Waals surface area contributed by atoms with E-state index in [4.69, 9.17) is 28.4 Å². The topological polar surface area (TPSA) is 298 Å². The number of carbonyl (C=O) groups excluding carboxylic acids is 6. The molecule has 1 fully saturated rings. The van der Waals surface area contributed by atoms with Crippen molar-refractivity contribution in [2.75, 3.05) is 46.5 Å². The van der Waals surface area contributed by atoms with Gasteiger partial charge in [0.25, 0.3) is 11.7 Å². The van der Waals surface area contributed by atoms with Crippen molar-refractivity contribution in [1.82, 2.24) is 24.7 Å². The zero-order chi connectivity index (χ0) is 52.7. The minimum atomic E-state index is -2.17. The number of nitro groups is 1. The first-order valence-corrected chi connectivity index (χ1v) is 23.5. The van der Waals surface area contributed by atoms with Crippen LogP contribution in [0.3, 0.4) is 0 Å². The first kappa shape index (κ1) is 52.9. The molecular formula is C49H60N6O17. The van der Waals surface area contributed by atoms with E-state index in [1.807, 2.05) is 0 Å². The smallest absolute Gasteiger partial charge is 0.414 e. The zero-order valence-electron chi connectivity index (χ0n) is 41.4. The third-order valence-corrected chi connectivity index (χ3v) is 14.0. The van der Waals surface area contributed by atoms with E-state index >= 15 is 4.79 Å². The summed E-state index contributed by atoms with van der Waals surface area (Å²) in [5.74, 6) is -10.8. The summed E-state index contributed by atoms with van der Waals surface area (Å²) in [5.41, 5.74) is -2.17. The van der Waals surface area contributed by atoms with Gasteiger partial charge in [-0.1, -0.05) is 45.9 Å². The van der Waals surface area contributed by atoms with Gasteiger partial charge in [-0.2, -0.15) is 0 Å². The fraction of sp³-hybridized carbons (Fsp3) is 0.531. The van der Waals surface area contributed by atoms with Gasteiger partial charge in [0.15, 0.2) is 0 Å². The number of phenolic OH excluding ortho intramolecular Hbond substituents is 1. The number of ether oxygens (including phenoxy) is 6. The molecule has 1 aromatic heterocycles. The molecule has 0 saturated carbocycles. The normalized spacial score (nSPS) is 30.8. The number of Topliss-reactive ketones (excluding diaryl/α,β-unsaturated/α-hetero) is 3. The highest BCUT2D eigenvalue weighted by molar-refractivity contribution is 6.32. The summed E-state index contributed by atoms with van der Waals surface area (Å²) in [4.78, 5) is 102. The number of hydrogen-bond donors (Lipinski definition) is 4. The van der Waals surface area contributed by atoms with Gasteiger partial charge in [0, 0.05) is 86.9 Å². The second-order valence-corrected chi connectivity index (χ2v) is 18.9. The Morgan fingerprint density at radius 3 is 2.32 bits per heavy atom. The molecule has 1 unspecified atom stereocenters. The van der Waals surface area contributed by atoms with E-state index in [-0.39, 0.29) is 80.1 Å². The van der Waals surface area contributed by atoms with Crippen molar-refractivity contribution in [2.24, 2.45) is 23.7 Å².